The first-order chi connectivity index (χ1) is 10.3. The number of likely N-dealkylation sites (N-methyl/N-ethyl adjacent to an activating group) is 1. The third-order valence-corrected chi connectivity index (χ3v) is 6.16. The third kappa shape index (κ3) is 4.50. The Morgan fingerprint density at radius 3 is 2.55 bits per heavy atom. The van der Waals surface area contributed by atoms with Crippen LogP contribution in [0.25, 0.3) is 0 Å². The average molecular weight is 348 g/mol. The van der Waals surface area contributed by atoms with Crippen LogP contribution < -0.4 is 4.72 Å². The van der Waals surface area contributed by atoms with Crippen molar-refractivity contribution in [1.82, 2.24) is 13.9 Å². The summed E-state index contributed by atoms with van der Waals surface area (Å²) in [6.45, 7) is 4.94. The molecule has 0 aliphatic carbocycles. The summed E-state index contributed by atoms with van der Waals surface area (Å²) in [4.78, 5) is 3.18. The zero-order valence-electron chi connectivity index (χ0n) is 13.5. The monoisotopic (exact) mass is 347 g/mol. The standard InChI is InChI=1S/C14H25N3O3S2/c1-11-9-17(10-12(2)20-11)22(18,19)15-8-13(16(3)4)14-6-5-7-21-14/h5-7,11-13,15H,8-10H2,1-4H3. The van der Waals surface area contributed by atoms with E-state index in [1.54, 1.807) is 11.3 Å². The van der Waals surface area contributed by atoms with Gasteiger partial charge in [0.05, 0.1) is 18.2 Å². The predicted octanol–water partition coefficient (Wildman–Crippen LogP) is 1.29. The highest BCUT2D eigenvalue weighted by molar-refractivity contribution is 7.87. The molecule has 8 heteroatoms. The lowest BCUT2D eigenvalue weighted by Gasteiger charge is -2.35. The first-order valence-corrected chi connectivity index (χ1v) is 9.71. The van der Waals surface area contributed by atoms with Crippen LogP contribution >= 0.6 is 11.3 Å². The SMILES string of the molecule is CC1CN(S(=O)(=O)NCC(c2cccs2)N(C)C)CC(C)O1. The Labute approximate surface area is 137 Å². The molecule has 126 valence electrons. The molecule has 3 atom stereocenters. The fourth-order valence-corrected chi connectivity index (χ4v) is 4.91. The van der Waals surface area contributed by atoms with Crippen molar-refractivity contribution >= 4 is 21.5 Å². The highest BCUT2D eigenvalue weighted by Gasteiger charge is 2.31. The van der Waals surface area contributed by atoms with Gasteiger partial charge in [-0.25, -0.2) is 4.72 Å². The van der Waals surface area contributed by atoms with Gasteiger partial charge in [0.1, 0.15) is 0 Å². The van der Waals surface area contributed by atoms with Crippen LogP contribution in [0.3, 0.4) is 0 Å². The molecule has 1 fully saturated rings. The van der Waals surface area contributed by atoms with Crippen molar-refractivity contribution in [2.75, 3.05) is 33.7 Å². The molecule has 1 N–H and O–H groups in total. The fourth-order valence-electron chi connectivity index (χ4n) is 2.62. The van der Waals surface area contributed by atoms with Crippen LogP contribution in [-0.2, 0) is 14.9 Å². The molecule has 1 aromatic heterocycles. The van der Waals surface area contributed by atoms with Crippen molar-refractivity contribution < 1.29 is 13.2 Å². The van der Waals surface area contributed by atoms with Crippen LogP contribution in [0.2, 0.25) is 0 Å². The second-order valence-electron chi connectivity index (χ2n) is 5.92. The topological polar surface area (TPSA) is 61.9 Å². The molecule has 1 aliphatic heterocycles. The zero-order valence-corrected chi connectivity index (χ0v) is 15.2. The van der Waals surface area contributed by atoms with Gasteiger partial charge in [0.25, 0.3) is 10.2 Å². The normalized spacial score (nSPS) is 25.5. The number of morpholine rings is 1. The first kappa shape index (κ1) is 17.8. The minimum Gasteiger partial charge on any atom is -0.373 e. The summed E-state index contributed by atoms with van der Waals surface area (Å²) in [5.41, 5.74) is 0. The fraction of sp³-hybridized carbons (Fsp3) is 0.714. The Balaban J connectivity index is 2.02. The number of ether oxygens (including phenoxy) is 1. The van der Waals surface area contributed by atoms with E-state index in [0.717, 1.165) is 4.88 Å². The number of thiophene rings is 1. The number of nitrogens with one attached hydrogen (secondary N) is 1. The van der Waals surface area contributed by atoms with E-state index >= 15 is 0 Å². The molecule has 22 heavy (non-hydrogen) atoms. The minimum atomic E-state index is -3.49. The number of hydrogen-bond donors (Lipinski definition) is 1. The zero-order chi connectivity index (χ0) is 16.3. The molecule has 2 heterocycles. The van der Waals surface area contributed by atoms with Crippen LogP contribution in [0.15, 0.2) is 17.5 Å². The molecular weight excluding hydrogens is 322 g/mol. The molecule has 3 unspecified atom stereocenters. The van der Waals surface area contributed by atoms with Gasteiger partial charge in [0.15, 0.2) is 0 Å². The predicted molar refractivity (Wildman–Crippen MR) is 89.3 cm³/mol. The van der Waals surface area contributed by atoms with Gasteiger partial charge in [-0.15, -0.1) is 11.3 Å². The van der Waals surface area contributed by atoms with Crippen molar-refractivity contribution in [3.63, 3.8) is 0 Å². The number of hydrogen-bond acceptors (Lipinski definition) is 5. The highest BCUT2D eigenvalue weighted by Crippen LogP contribution is 2.23. The maximum Gasteiger partial charge on any atom is 0.279 e. The summed E-state index contributed by atoms with van der Waals surface area (Å²) in [6, 6.07) is 4.05. The van der Waals surface area contributed by atoms with Gasteiger partial charge < -0.3 is 9.64 Å². The van der Waals surface area contributed by atoms with Gasteiger partial charge in [0, 0.05) is 24.5 Å². The van der Waals surface area contributed by atoms with E-state index in [2.05, 4.69) is 4.72 Å². The average Bonchev–Trinajstić information content (AvgIpc) is 2.91. The van der Waals surface area contributed by atoms with Gasteiger partial charge in [0.2, 0.25) is 0 Å². The largest absolute Gasteiger partial charge is 0.373 e. The van der Waals surface area contributed by atoms with E-state index in [4.69, 9.17) is 4.74 Å². The summed E-state index contributed by atoms with van der Waals surface area (Å²) in [7, 11) is 0.424. The molecule has 2 rings (SSSR count). The van der Waals surface area contributed by atoms with Crippen LogP contribution in [0.1, 0.15) is 24.8 Å². The van der Waals surface area contributed by atoms with Gasteiger partial charge in [-0.05, 0) is 39.4 Å². The van der Waals surface area contributed by atoms with Crippen LogP contribution in [-0.4, -0.2) is 63.6 Å². The van der Waals surface area contributed by atoms with Crippen molar-refractivity contribution in [3.05, 3.63) is 22.4 Å². The van der Waals surface area contributed by atoms with Gasteiger partial charge in [-0.1, -0.05) is 6.07 Å². The van der Waals surface area contributed by atoms with E-state index in [9.17, 15) is 8.42 Å². The quantitative estimate of drug-likeness (QED) is 0.842. The summed E-state index contributed by atoms with van der Waals surface area (Å²) in [5, 5.41) is 2.01. The lowest BCUT2D eigenvalue weighted by atomic mass is 10.2. The number of rotatable bonds is 6. The van der Waals surface area contributed by atoms with Crippen molar-refractivity contribution in [1.29, 1.82) is 0 Å². The molecule has 1 aromatic rings. The summed E-state index contributed by atoms with van der Waals surface area (Å²) in [6.07, 6.45) is -0.162. The van der Waals surface area contributed by atoms with Crippen molar-refractivity contribution in [2.24, 2.45) is 0 Å². The lowest BCUT2D eigenvalue weighted by molar-refractivity contribution is -0.0444. The Bertz CT molecular complexity index is 550. The smallest absolute Gasteiger partial charge is 0.279 e. The molecule has 0 aromatic carbocycles. The van der Waals surface area contributed by atoms with E-state index < -0.39 is 10.2 Å². The Kier molecular flexibility index (Phi) is 5.98. The van der Waals surface area contributed by atoms with E-state index in [0.29, 0.717) is 19.6 Å². The van der Waals surface area contributed by atoms with Gasteiger partial charge >= 0.3 is 0 Å². The summed E-state index contributed by atoms with van der Waals surface area (Å²) < 4.78 is 34.9. The Morgan fingerprint density at radius 1 is 1.41 bits per heavy atom. The second-order valence-corrected chi connectivity index (χ2v) is 8.66. The molecule has 0 radical (unpaired) electrons. The molecule has 6 nitrogen and oxygen atoms in total. The lowest BCUT2D eigenvalue weighted by Crippen LogP contribution is -2.52. The molecular formula is C14H25N3O3S2. The molecule has 1 saturated heterocycles. The van der Waals surface area contributed by atoms with Gasteiger partial charge in [-0.3, -0.25) is 0 Å². The first-order valence-electron chi connectivity index (χ1n) is 7.39. The highest BCUT2D eigenvalue weighted by atomic mass is 32.2. The molecule has 0 amide bonds. The van der Waals surface area contributed by atoms with Crippen molar-refractivity contribution in [2.45, 2.75) is 32.1 Å². The molecule has 0 bridgehead atoms. The maximum absolute atomic E-state index is 12.5. The van der Waals surface area contributed by atoms with Crippen LogP contribution in [0, 0.1) is 0 Å². The van der Waals surface area contributed by atoms with E-state index in [1.807, 2.05) is 50.4 Å². The molecule has 1 aliphatic rings. The second kappa shape index (κ2) is 7.37. The Hall–Kier alpha value is -0.510. The molecule has 0 spiro atoms. The molecule has 0 saturated carbocycles. The third-order valence-electron chi connectivity index (χ3n) is 3.68. The van der Waals surface area contributed by atoms with Crippen LogP contribution in [0.5, 0.6) is 0 Å². The van der Waals surface area contributed by atoms with E-state index in [-0.39, 0.29) is 18.2 Å². The van der Waals surface area contributed by atoms with E-state index in [1.165, 1.54) is 4.31 Å². The minimum absolute atomic E-state index is 0.0330. The van der Waals surface area contributed by atoms with Crippen LogP contribution in [0.4, 0.5) is 0 Å². The maximum atomic E-state index is 12.5. The number of nitrogens with zero attached hydrogens (tertiary/aromatic N) is 2. The summed E-state index contributed by atoms with van der Waals surface area (Å²) >= 11 is 1.64. The summed E-state index contributed by atoms with van der Waals surface area (Å²) in [5.74, 6) is 0. The van der Waals surface area contributed by atoms with Crippen molar-refractivity contribution in [3.8, 4) is 0 Å². The van der Waals surface area contributed by atoms with Gasteiger partial charge in [-0.2, -0.15) is 12.7 Å². The Morgan fingerprint density at radius 2 is 2.05 bits per heavy atom.